The van der Waals surface area contributed by atoms with E-state index in [0.29, 0.717) is 43.3 Å². The number of rotatable bonds is 7. The molecule has 10 nitrogen and oxygen atoms in total. The van der Waals surface area contributed by atoms with Gasteiger partial charge in [-0.2, -0.15) is 0 Å². The average Bonchev–Trinajstić information content (AvgIpc) is 3.52. The fourth-order valence-electron chi connectivity index (χ4n) is 4.53. The van der Waals surface area contributed by atoms with Crippen LogP contribution in [0.5, 0.6) is 5.75 Å². The first-order valence-corrected chi connectivity index (χ1v) is 12.9. The van der Waals surface area contributed by atoms with Gasteiger partial charge in [0.05, 0.1) is 40.5 Å². The monoisotopic (exact) mass is 544 g/mol. The predicted molar refractivity (Wildman–Crippen MR) is 146 cm³/mol. The standard InChI is InChI=1S/C28H24N4O6S/c1-4-38-27(34)24-17(2)29-28-31(25(24)18-7-5-9-22(15-18)37-3)26(33)23(39-28)16-21-8-6-14-30(21)19-10-12-20(13-11-19)32(35)36/h5-16,25H,4H2,1-3H3/b23-16-/t25-/m0/s1. The highest BCUT2D eigenvalue weighted by molar-refractivity contribution is 7.07. The van der Waals surface area contributed by atoms with Gasteiger partial charge in [-0.05, 0) is 61.9 Å². The van der Waals surface area contributed by atoms with Crippen LogP contribution in [-0.2, 0) is 9.53 Å². The fraction of sp³-hybridized carbons (Fsp3) is 0.179. The SMILES string of the molecule is CCOC(=O)C1=C(C)N=c2s/c(=C\c3cccn3-c3ccc([N+](=O)[O-])cc3)c(=O)n2[C@H]1c1cccc(OC)c1. The van der Waals surface area contributed by atoms with E-state index < -0.39 is 16.9 Å². The summed E-state index contributed by atoms with van der Waals surface area (Å²) in [5.74, 6) is 0.0568. The minimum atomic E-state index is -0.751. The summed E-state index contributed by atoms with van der Waals surface area (Å²) < 4.78 is 14.5. The number of esters is 1. The average molecular weight is 545 g/mol. The highest BCUT2D eigenvalue weighted by Gasteiger charge is 2.33. The summed E-state index contributed by atoms with van der Waals surface area (Å²) in [7, 11) is 1.55. The van der Waals surface area contributed by atoms with Crippen molar-refractivity contribution in [3.8, 4) is 11.4 Å². The van der Waals surface area contributed by atoms with Crippen LogP contribution >= 0.6 is 11.3 Å². The Kier molecular flexibility index (Phi) is 6.99. The van der Waals surface area contributed by atoms with E-state index in [-0.39, 0.29) is 17.9 Å². The molecule has 11 heteroatoms. The molecule has 0 saturated heterocycles. The van der Waals surface area contributed by atoms with Crippen molar-refractivity contribution in [2.75, 3.05) is 13.7 Å². The molecular weight excluding hydrogens is 520 g/mol. The summed E-state index contributed by atoms with van der Waals surface area (Å²) in [6.07, 6.45) is 3.56. The molecule has 0 unspecified atom stereocenters. The molecule has 0 radical (unpaired) electrons. The summed E-state index contributed by atoms with van der Waals surface area (Å²) >= 11 is 1.22. The van der Waals surface area contributed by atoms with Crippen molar-refractivity contribution in [3.63, 3.8) is 0 Å². The zero-order chi connectivity index (χ0) is 27.7. The molecule has 3 heterocycles. The Bertz CT molecular complexity index is 1800. The molecule has 0 fully saturated rings. The largest absolute Gasteiger partial charge is 0.497 e. The number of non-ortho nitro benzene ring substituents is 1. The van der Waals surface area contributed by atoms with Gasteiger partial charge in [-0.1, -0.05) is 23.5 Å². The molecular formula is C28H24N4O6S. The molecule has 2 aromatic carbocycles. The number of carbonyl (C=O) groups is 1. The van der Waals surface area contributed by atoms with Crippen LogP contribution in [0.2, 0.25) is 0 Å². The lowest BCUT2D eigenvalue weighted by Gasteiger charge is -2.25. The second-order valence-corrected chi connectivity index (χ2v) is 9.66. The van der Waals surface area contributed by atoms with Gasteiger partial charge in [0.2, 0.25) is 0 Å². The van der Waals surface area contributed by atoms with Crippen molar-refractivity contribution >= 4 is 29.1 Å². The minimum absolute atomic E-state index is 0.00826. The number of benzene rings is 2. The number of aromatic nitrogens is 2. The molecule has 39 heavy (non-hydrogen) atoms. The Morgan fingerprint density at radius 1 is 1.18 bits per heavy atom. The van der Waals surface area contributed by atoms with E-state index in [1.165, 1.54) is 28.0 Å². The zero-order valence-electron chi connectivity index (χ0n) is 21.4. The van der Waals surface area contributed by atoms with Crippen molar-refractivity contribution in [2.24, 2.45) is 4.99 Å². The first-order chi connectivity index (χ1) is 18.8. The minimum Gasteiger partial charge on any atom is -0.497 e. The third-order valence-corrected chi connectivity index (χ3v) is 7.31. The Morgan fingerprint density at radius 2 is 1.95 bits per heavy atom. The van der Waals surface area contributed by atoms with Crippen LogP contribution in [-0.4, -0.2) is 33.7 Å². The number of fused-ring (bicyclic) bond motifs is 1. The first kappa shape index (κ1) is 25.9. The summed E-state index contributed by atoms with van der Waals surface area (Å²) in [5, 5.41) is 11.0. The van der Waals surface area contributed by atoms with Crippen molar-refractivity contribution in [1.82, 2.24) is 9.13 Å². The molecule has 198 valence electrons. The number of nitro benzene ring substituents is 1. The van der Waals surface area contributed by atoms with Gasteiger partial charge in [-0.15, -0.1) is 0 Å². The van der Waals surface area contributed by atoms with Gasteiger partial charge in [0.1, 0.15) is 5.75 Å². The van der Waals surface area contributed by atoms with Gasteiger partial charge in [0.15, 0.2) is 4.80 Å². The Hall–Kier alpha value is -4.77. The smallest absolute Gasteiger partial charge is 0.338 e. The molecule has 0 N–H and O–H groups in total. The lowest BCUT2D eigenvalue weighted by molar-refractivity contribution is -0.384. The maximum atomic E-state index is 13.9. The van der Waals surface area contributed by atoms with Crippen LogP contribution in [0.15, 0.2) is 87.9 Å². The van der Waals surface area contributed by atoms with E-state index in [9.17, 15) is 19.7 Å². The zero-order valence-corrected chi connectivity index (χ0v) is 22.2. The van der Waals surface area contributed by atoms with Crippen molar-refractivity contribution in [1.29, 1.82) is 0 Å². The van der Waals surface area contributed by atoms with Gasteiger partial charge in [-0.3, -0.25) is 19.5 Å². The van der Waals surface area contributed by atoms with Crippen LogP contribution in [0.3, 0.4) is 0 Å². The number of carbonyl (C=O) groups excluding carboxylic acids is 1. The highest BCUT2D eigenvalue weighted by Crippen LogP contribution is 2.32. The van der Waals surface area contributed by atoms with E-state index in [2.05, 4.69) is 4.99 Å². The van der Waals surface area contributed by atoms with Gasteiger partial charge < -0.3 is 14.0 Å². The van der Waals surface area contributed by atoms with Crippen LogP contribution in [0.1, 0.15) is 31.1 Å². The third kappa shape index (κ3) is 4.79. The van der Waals surface area contributed by atoms with Crippen molar-refractivity contribution in [3.05, 3.63) is 119 Å². The normalized spacial score (nSPS) is 15.1. The van der Waals surface area contributed by atoms with Gasteiger partial charge in [0, 0.05) is 29.7 Å². The number of ether oxygens (including phenoxy) is 2. The predicted octanol–water partition coefficient (Wildman–Crippen LogP) is 3.51. The molecule has 5 rings (SSSR count). The molecule has 1 aliphatic heterocycles. The molecule has 0 bridgehead atoms. The molecule has 0 aliphatic carbocycles. The number of methoxy groups -OCH3 is 1. The Labute approximate surface area is 226 Å². The third-order valence-electron chi connectivity index (χ3n) is 6.32. The maximum absolute atomic E-state index is 13.9. The number of nitrogens with zero attached hydrogens (tertiary/aromatic N) is 4. The molecule has 0 amide bonds. The number of hydrogen-bond donors (Lipinski definition) is 0. The van der Waals surface area contributed by atoms with Crippen LogP contribution in [0.4, 0.5) is 5.69 Å². The van der Waals surface area contributed by atoms with Crippen molar-refractivity contribution < 1.29 is 19.2 Å². The number of allylic oxidation sites excluding steroid dienone is 1. The number of nitro groups is 1. The van der Waals surface area contributed by atoms with Gasteiger partial charge in [0.25, 0.3) is 11.2 Å². The van der Waals surface area contributed by atoms with E-state index in [0.717, 1.165) is 0 Å². The van der Waals surface area contributed by atoms with Crippen LogP contribution in [0, 0.1) is 10.1 Å². The molecule has 0 spiro atoms. The summed E-state index contributed by atoms with van der Waals surface area (Å²) in [6, 6.07) is 16.3. The van der Waals surface area contributed by atoms with Gasteiger partial charge in [-0.25, -0.2) is 9.79 Å². The van der Waals surface area contributed by atoms with E-state index in [1.54, 1.807) is 57.4 Å². The van der Waals surface area contributed by atoms with Gasteiger partial charge >= 0.3 is 5.97 Å². The second-order valence-electron chi connectivity index (χ2n) is 8.66. The Morgan fingerprint density at radius 3 is 2.64 bits per heavy atom. The van der Waals surface area contributed by atoms with E-state index in [1.807, 2.05) is 29.0 Å². The molecule has 0 saturated carbocycles. The fourth-order valence-corrected chi connectivity index (χ4v) is 5.57. The summed E-state index contributed by atoms with van der Waals surface area (Å²) in [6.45, 7) is 3.64. The number of hydrogen-bond acceptors (Lipinski definition) is 8. The van der Waals surface area contributed by atoms with Crippen molar-refractivity contribution in [2.45, 2.75) is 19.9 Å². The molecule has 1 atom stereocenters. The van der Waals surface area contributed by atoms with Crippen LogP contribution < -0.4 is 19.6 Å². The van der Waals surface area contributed by atoms with Crippen LogP contribution in [0.25, 0.3) is 11.8 Å². The quantitative estimate of drug-likeness (QED) is 0.200. The molecule has 4 aromatic rings. The highest BCUT2D eigenvalue weighted by atomic mass is 32.1. The van der Waals surface area contributed by atoms with E-state index in [4.69, 9.17) is 9.47 Å². The number of thiazole rings is 1. The maximum Gasteiger partial charge on any atom is 0.338 e. The molecule has 1 aliphatic rings. The summed E-state index contributed by atoms with van der Waals surface area (Å²) in [4.78, 5) is 42.6. The second kappa shape index (κ2) is 10.5. The lowest BCUT2D eigenvalue weighted by atomic mass is 9.95. The Balaban J connectivity index is 1.67. The first-order valence-electron chi connectivity index (χ1n) is 12.1. The van der Waals surface area contributed by atoms with E-state index >= 15 is 0 Å². The topological polar surface area (TPSA) is 118 Å². The lowest BCUT2D eigenvalue weighted by Crippen LogP contribution is -2.40. The summed E-state index contributed by atoms with van der Waals surface area (Å²) in [5.41, 5.74) is 2.55. The molecule has 2 aromatic heterocycles.